The van der Waals surface area contributed by atoms with Crippen molar-refractivity contribution in [1.29, 1.82) is 0 Å². The molecule has 0 aliphatic carbocycles. The number of aromatic nitrogens is 1. The van der Waals surface area contributed by atoms with Gasteiger partial charge in [0.05, 0.1) is 0 Å². The van der Waals surface area contributed by atoms with Crippen molar-refractivity contribution in [1.82, 2.24) is 4.57 Å². The second-order valence-corrected chi connectivity index (χ2v) is 4.83. The number of benzene rings is 1. The van der Waals surface area contributed by atoms with Crippen molar-refractivity contribution < 1.29 is 5.21 Å². The highest BCUT2D eigenvalue weighted by molar-refractivity contribution is 6.00. The van der Waals surface area contributed by atoms with Crippen LogP contribution in [-0.2, 0) is 6.54 Å². The van der Waals surface area contributed by atoms with Crippen molar-refractivity contribution in [2.24, 2.45) is 10.9 Å². The molecule has 0 bridgehead atoms. The average molecular weight is 259 g/mol. The van der Waals surface area contributed by atoms with Crippen LogP contribution in [0.4, 0.5) is 0 Å². The first-order valence-electron chi connectivity index (χ1n) is 6.83. The van der Waals surface area contributed by atoms with Crippen molar-refractivity contribution >= 4 is 16.7 Å². The van der Waals surface area contributed by atoms with Gasteiger partial charge in [0.1, 0.15) is 0 Å². The lowest BCUT2D eigenvalue weighted by molar-refractivity contribution is 0.318. The van der Waals surface area contributed by atoms with Crippen LogP contribution in [0, 0.1) is 0 Å². The van der Waals surface area contributed by atoms with E-state index in [1.165, 1.54) is 31.1 Å². The molecule has 4 heteroatoms. The van der Waals surface area contributed by atoms with Crippen molar-refractivity contribution in [3.05, 3.63) is 36.0 Å². The topological polar surface area (TPSA) is 63.5 Å². The van der Waals surface area contributed by atoms with Crippen LogP contribution in [0.3, 0.4) is 0 Å². The SMILES string of the molecule is CCCCCCn1ccc2ccc(/C(N)=N/O)cc21. The van der Waals surface area contributed by atoms with Gasteiger partial charge in [-0.05, 0) is 23.9 Å². The predicted molar refractivity (Wildman–Crippen MR) is 78.6 cm³/mol. The first-order valence-corrected chi connectivity index (χ1v) is 6.83. The summed E-state index contributed by atoms with van der Waals surface area (Å²) in [5.74, 6) is 0.153. The summed E-state index contributed by atoms with van der Waals surface area (Å²) in [6.45, 7) is 3.23. The number of hydrogen-bond acceptors (Lipinski definition) is 2. The summed E-state index contributed by atoms with van der Waals surface area (Å²) in [7, 11) is 0. The van der Waals surface area contributed by atoms with Gasteiger partial charge >= 0.3 is 0 Å². The normalized spacial score (nSPS) is 12.2. The lowest BCUT2D eigenvalue weighted by Gasteiger charge is -2.06. The Balaban J connectivity index is 2.20. The van der Waals surface area contributed by atoms with Crippen LogP contribution < -0.4 is 5.73 Å². The van der Waals surface area contributed by atoms with E-state index in [2.05, 4.69) is 28.9 Å². The molecule has 102 valence electrons. The van der Waals surface area contributed by atoms with Gasteiger partial charge in [-0.25, -0.2) is 0 Å². The predicted octanol–water partition coefficient (Wildman–Crippen LogP) is 3.32. The Bertz CT molecular complexity index is 572. The standard InChI is InChI=1S/C15H21N3O/c1-2-3-4-5-9-18-10-8-12-6-7-13(11-14(12)18)15(16)17-19/h6-8,10-11,19H,2-5,9H2,1H3,(H2,16,17). The molecule has 0 unspecified atom stereocenters. The molecule has 4 nitrogen and oxygen atoms in total. The summed E-state index contributed by atoms with van der Waals surface area (Å²) in [6.07, 6.45) is 7.09. The summed E-state index contributed by atoms with van der Waals surface area (Å²) in [6, 6.07) is 7.96. The van der Waals surface area contributed by atoms with Crippen LogP contribution in [0.5, 0.6) is 0 Å². The molecule has 0 atom stereocenters. The smallest absolute Gasteiger partial charge is 0.170 e. The second-order valence-electron chi connectivity index (χ2n) is 4.83. The summed E-state index contributed by atoms with van der Waals surface area (Å²) >= 11 is 0. The van der Waals surface area contributed by atoms with E-state index in [1.807, 2.05) is 18.2 Å². The van der Waals surface area contributed by atoms with E-state index >= 15 is 0 Å². The lowest BCUT2D eigenvalue weighted by atomic mass is 10.1. The molecule has 3 N–H and O–H groups in total. The summed E-state index contributed by atoms with van der Waals surface area (Å²) in [4.78, 5) is 0. The van der Waals surface area contributed by atoms with Gasteiger partial charge in [0.25, 0.3) is 0 Å². The Kier molecular flexibility index (Phi) is 4.44. The zero-order valence-corrected chi connectivity index (χ0v) is 11.3. The average Bonchev–Trinajstić information content (AvgIpc) is 2.85. The quantitative estimate of drug-likeness (QED) is 0.275. The molecule has 2 rings (SSSR count). The third-order valence-electron chi connectivity index (χ3n) is 3.43. The zero-order valence-electron chi connectivity index (χ0n) is 11.3. The van der Waals surface area contributed by atoms with Crippen molar-refractivity contribution in [2.45, 2.75) is 39.2 Å². The number of nitrogens with two attached hydrogens (primary N) is 1. The molecule has 19 heavy (non-hydrogen) atoms. The van der Waals surface area contributed by atoms with Gasteiger partial charge < -0.3 is 15.5 Å². The first-order chi connectivity index (χ1) is 9.26. The third-order valence-corrected chi connectivity index (χ3v) is 3.43. The monoisotopic (exact) mass is 259 g/mol. The van der Waals surface area contributed by atoms with Crippen molar-refractivity contribution in [3.8, 4) is 0 Å². The van der Waals surface area contributed by atoms with Gasteiger partial charge in [-0.1, -0.05) is 43.5 Å². The van der Waals surface area contributed by atoms with Crippen LogP contribution in [0.15, 0.2) is 35.6 Å². The third kappa shape index (κ3) is 3.08. The molecular weight excluding hydrogens is 238 g/mol. The fourth-order valence-electron chi connectivity index (χ4n) is 2.30. The number of aryl methyl sites for hydroxylation is 1. The van der Waals surface area contributed by atoms with E-state index in [4.69, 9.17) is 10.9 Å². The summed E-state index contributed by atoms with van der Waals surface area (Å²) in [5, 5.41) is 13.0. The van der Waals surface area contributed by atoms with E-state index in [0.29, 0.717) is 0 Å². The molecule has 0 fully saturated rings. The van der Waals surface area contributed by atoms with Gasteiger partial charge in [0.2, 0.25) is 0 Å². The van der Waals surface area contributed by atoms with E-state index in [0.717, 1.165) is 17.6 Å². The van der Waals surface area contributed by atoms with Crippen LogP contribution in [-0.4, -0.2) is 15.6 Å². The Hall–Kier alpha value is -1.97. The fourth-order valence-corrected chi connectivity index (χ4v) is 2.30. The Morgan fingerprint density at radius 1 is 1.26 bits per heavy atom. The molecule has 0 saturated heterocycles. The molecule has 0 amide bonds. The molecule has 0 radical (unpaired) electrons. The number of nitrogens with zero attached hydrogens (tertiary/aromatic N) is 2. The Morgan fingerprint density at radius 3 is 2.84 bits per heavy atom. The molecule has 1 heterocycles. The van der Waals surface area contributed by atoms with Crippen LogP contribution >= 0.6 is 0 Å². The Morgan fingerprint density at radius 2 is 2.11 bits per heavy atom. The number of unbranched alkanes of at least 4 members (excludes halogenated alkanes) is 3. The summed E-state index contributed by atoms with van der Waals surface area (Å²) < 4.78 is 2.24. The van der Waals surface area contributed by atoms with Gasteiger partial charge in [-0.3, -0.25) is 0 Å². The largest absolute Gasteiger partial charge is 0.409 e. The maximum Gasteiger partial charge on any atom is 0.170 e. The van der Waals surface area contributed by atoms with Gasteiger partial charge in [0, 0.05) is 23.8 Å². The number of amidine groups is 1. The van der Waals surface area contributed by atoms with E-state index in [9.17, 15) is 0 Å². The second kappa shape index (κ2) is 6.27. The van der Waals surface area contributed by atoms with Crippen molar-refractivity contribution in [3.63, 3.8) is 0 Å². The van der Waals surface area contributed by atoms with Crippen LogP contribution in [0.25, 0.3) is 10.9 Å². The first kappa shape index (κ1) is 13.5. The molecule has 1 aromatic carbocycles. The van der Waals surface area contributed by atoms with Crippen molar-refractivity contribution in [2.75, 3.05) is 0 Å². The van der Waals surface area contributed by atoms with Gasteiger partial charge in [-0.15, -0.1) is 0 Å². The molecular formula is C15H21N3O. The number of fused-ring (bicyclic) bond motifs is 1. The lowest BCUT2D eigenvalue weighted by Crippen LogP contribution is -2.12. The summed E-state index contributed by atoms with van der Waals surface area (Å²) in [5.41, 5.74) is 7.53. The maximum atomic E-state index is 8.74. The van der Waals surface area contributed by atoms with Gasteiger partial charge in [-0.2, -0.15) is 0 Å². The molecule has 0 aliphatic heterocycles. The minimum absolute atomic E-state index is 0.153. The number of hydrogen-bond donors (Lipinski definition) is 2. The molecule has 0 saturated carbocycles. The van der Waals surface area contributed by atoms with E-state index in [1.54, 1.807) is 0 Å². The van der Waals surface area contributed by atoms with Crippen LogP contribution in [0.2, 0.25) is 0 Å². The zero-order chi connectivity index (χ0) is 13.7. The molecule has 1 aromatic heterocycles. The van der Waals surface area contributed by atoms with Crippen LogP contribution in [0.1, 0.15) is 38.2 Å². The minimum atomic E-state index is 0.153. The molecule has 0 spiro atoms. The highest BCUT2D eigenvalue weighted by Crippen LogP contribution is 2.18. The van der Waals surface area contributed by atoms with Gasteiger partial charge in [0.15, 0.2) is 5.84 Å². The molecule has 2 aromatic rings. The van der Waals surface area contributed by atoms with E-state index in [-0.39, 0.29) is 5.84 Å². The fraction of sp³-hybridized carbons (Fsp3) is 0.400. The molecule has 0 aliphatic rings. The number of oxime groups is 1. The Labute approximate surface area is 113 Å². The minimum Gasteiger partial charge on any atom is -0.409 e. The number of rotatable bonds is 6. The van der Waals surface area contributed by atoms with E-state index < -0.39 is 0 Å². The highest BCUT2D eigenvalue weighted by Gasteiger charge is 2.05. The highest BCUT2D eigenvalue weighted by atomic mass is 16.4. The maximum absolute atomic E-state index is 8.74.